The van der Waals surface area contributed by atoms with Gasteiger partial charge in [-0.25, -0.2) is 0 Å². The van der Waals surface area contributed by atoms with Gasteiger partial charge < -0.3 is 9.84 Å². The van der Waals surface area contributed by atoms with E-state index in [1.165, 1.54) is 19.3 Å². The maximum atomic E-state index is 10.7. The number of methoxy groups -OCH3 is 1. The molecule has 20 heavy (non-hydrogen) atoms. The van der Waals surface area contributed by atoms with Crippen LogP contribution in [0, 0.1) is 11.3 Å². The van der Waals surface area contributed by atoms with Crippen molar-refractivity contribution >= 4 is 15.9 Å². The van der Waals surface area contributed by atoms with Crippen LogP contribution < -0.4 is 4.74 Å². The van der Waals surface area contributed by atoms with E-state index in [9.17, 15) is 5.11 Å². The second-order valence-corrected chi connectivity index (χ2v) is 7.42. The molecule has 0 amide bonds. The molecule has 112 valence electrons. The van der Waals surface area contributed by atoms with Crippen LogP contribution in [0.5, 0.6) is 5.75 Å². The van der Waals surface area contributed by atoms with E-state index >= 15 is 0 Å². The number of aliphatic hydroxyl groups is 1. The van der Waals surface area contributed by atoms with Gasteiger partial charge in [0.15, 0.2) is 0 Å². The van der Waals surface area contributed by atoms with Crippen LogP contribution in [0.25, 0.3) is 0 Å². The van der Waals surface area contributed by atoms with E-state index in [1.807, 2.05) is 18.2 Å². The van der Waals surface area contributed by atoms with Gasteiger partial charge in [0.1, 0.15) is 5.75 Å². The predicted molar refractivity (Wildman–Crippen MR) is 86.1 cm³/mol. The van der Waals surface area contributed by atoms with Crippen LogP contribution in [-0.4, -0.2) is 18.3 Å². The van der Waals surface area contributed by atoms with Crippen molar-refractivity contribution in [3.63, 3.8) is 0 Å². The lowest BCUT2D eigenvalue weighted by molar-refractivity contribution is 0.00571. The first-order valence-corrected chi connectivity index (χ1v) is 8.24. The molecule has 1 saturated carbocycles. The van der Waals surface area contributed by atoms with Gasteiger partial charge in [0.25, 0.3) is 0 Å². The Morgan fingerprint density at radius 3 is 2.80 bits per heavy atom. The average Bonchev–Trinajstić information content (AvgIpc) is 2.40. The van der Waals surface area contributed by atoms with Crippen molar-refractivity contribution in [3.05, 3.63) is 28.2 Å². The van der Waals surface area contributed by atoms with Crippen molar-refractivity contribution in [2.24, 2.45) is 11.3 Å². The summed E-state index contributed by atoms with van der Waals surface area (Å²) in [5, 5.41) is 10.7. The molecule has 1 aliphatic carbocycles. The SMILES string of the molecule is COc1ccc(Br)c(CC(O)C2CCCCC2(C)C)c1. The number of rotatable bonds is 4. The summed E-state index contributed by atoms with van der Waals surface area (Å²) in [6.45, 7) is 4.58. The van der Waals surface area contributed by atoms with Gasteiger partial charge >= 0.3 is 0 Å². The van der Waals surface area contributed by atoms with Gasteiger partial charge in [-0.05, 0) is 54.4 Å². The van der Waals surface area contributed by atoms with Gasteiger partial charge in [0, 0.05) is 4.47 Å². The summed E-state index contributed by atoms with van der Waals surface area (Å²) in [7, 11) is 1.67. The number of halogens is 1. The first kappa shape index (κ1) is 15.8. The minimum atomic E-state index is -0.284. The third-order valence-electron chi connectivity index (χ3n) is 4.74. The minimum absolute atomic E-state index is 0.239. The second-order valence-electron chi connectivity index (χ2n) is 6.57. The molecule has 0 bridgehead atoms. The van der Waals surface area contributed by atoms with Crippen LogP contribution in [0.4, 0.5) is 0 Å². The fourth-order valence-electron chi connectivity index (χ4n) is 3.44. The second kappa shape index (κ2) is 6.48. The maximum Gasteiger partial charge on any atom is 0.119 e. The molecule has 0 aliphatic heterocycles. The van der Waals surface area contributed by atoms with Gasteiger partial charge in [-0.1, -0.05) is 42.6 Å². The highest BCUT2D eigenvalue weighted by atomic mass is 79.9. The highest BCUT2D eigenvalue weighted by Gasteiger charge is 2.36. The van der Waals surface area contributed by atoms with E-state index in [1.54, 1.807) is 7.11 Å². The van der Waals surface area contributed by atoms with Gasteiger partial charge in [-0.3, -0.25) is 0 Å². The lowest BCUT2D eigenvalue weighted by atomic mass is 9.66. The normalized spacial score (nSPS) is 23.4. The van der Waals surface area contributed by atoms with Crippen LogP contribution in [0.15, 0.2) is 22.7 Å². The van der Waals surface area contributed by atoms with Crippen molar-refractivity contribution in [3.8, 4) is 5.75 Å². The average molecular weight is 341 g/mol. The van der Waals surface area contributed by atoms with E-state index in [0.29, 0.717) is 12.3 Å². The Balaban J connectivity index is 2.12. The van der Waals surface area contributed by atoms with Crippen molar-refractivity contribution < 1.29 is 9.84 Å². The fraction of sp³-hybridized carbons (Fsp3) is 0.647. The number of benzene rings is 1. The first-order chi connectivity index (χ1) is 9.44. The van der Waals surface area contributed by atoms with E-state index < -0.39 is 0 Å². The highest BCUT2D eigenvalue weighted by Crippen LogP contribution is 2.43. The van der Waals surface area contributed by atoms with Crippen molar-refractivity contribution in [2.45, 2.75) is 52.1 Å². The molecule has 2 rings (SSSR count). The van der Waals surface area contributed by atoms with Crippen molar-refractivity contribution in [1.82, 2.24) is 0 Å². The zero-order valence-corrected chi connectivity index (χ0v) is 14.2. The third kappa shape index (κ3) is 3.56. The molecular weight excluding hydrogens is 316 g/mol. The molecule has 0 radical (unpaired) electrons. The van der Waals surface area contributed by atoms with Crippen LogP contribution in [0.2, 0.25) is 0 Å². The summed E-state index contributed by atoms with van der Waals surface area (Å²) in [4.78, 5) is 0. The number of ether oxygens (including phenoxy) is 1. The van der Waals surface area contributed by atoms with Gasteiger partial charge in [-0.2, -0.15) is 0 Å². The summed E-state index contributed by atoms with van der Waals surface area (Å²) < 4.78 is 6.32. The highest BCUT2D eigenvalue weighted by molar-refractivity contribution is 9.10. The summed E-state index contributed by atoms with van der Waals surface area (Å²) in [6, 6.07) is 5.94. The molecule has 1 fully saturated rings. The number of aliphatic hydroxyl groups excluding tert-OH is 1. The Hall–Kier alpha value is -0.540. The lowest BCUT2D eigenvalue weighted by Crippen LogP contribution is -2.37. The Labute approximate surface area is 130 Å². The number of hydrogen-bond donors (Lipinski definition) is 1. The predicted octanol–water partition coefficient (Wildman–Crippen LogP) is 4.58. The molecule has 2 unspecified atom stereocenters. The molecular formula is C17H25BrO2. The van der Waals surface area contributed by atoms with E-state index in [2.05, 4.69) is 29.8 Å². The first-order valence-electron chi connectivity index (χ1n) is 7.44. The Morgan fingerprint density at radius 1 is 1.40 bits per heavy atom. The van der Waals surface area contributed by atoms with Crippen molar-refractivity contribution in [1.29, 1.82) is 0 Å². The van der Waals surface area contributed by atoms with Crippen LogP contribution in [0.3, 0.4) is 0 Å². The molecule has 1 N–H and O–H groups in total. The van der Waals surface area contributed by atoms with Crippen LogP contribution >= 0.6 is 15.9 Å². The third-order valence-corrected chi connectivity index (χ3v) is 5.51. The Morgan fingerprint density at radius 2 is 2.15 bits per heavy atom. The van der Waals surface area contributed by atoms with E-state index in [-0.39, 0.29) is 11.5 Å². The van der Waals surface area contributed by atoms with Crippen molar-refractivity contribution in [2.75, 3.05) is 7.11 Å². The molecule has 0 saturated heterocycles. The van der Waals surface area contributed by atoms with E-state index in [4.69, 9.17) is 4.74 Å². The van der Waals surface area contributed by atoms with Gasteiger partial charge in [0.05, 0.1) is 13.2 Å². The number of hydrogen-bond acceptors (Lipinski definition) is 2. The van der Waals surface area contributed by atoms with Gasteiger partial charge in [0.2, 0.25) is 0 Å². The quantitative estimate of drug-likeness (QED) is 0.869. The van der Waals surface area contributed by atoms with Crippen LogP contribution in [0.1, 0.15) is 45.1 Å². The van der Waals surface area contributed by atoms with E-state index in [0.717, 1.165) is 22.2 Å². The maximum absolute atomic E-state index is 10.7. The topological polar surface area (TPSA) is 29.5 Å². The summed E-state index contributed by atoms with van der Waals surface area (Å²) in [6.07, 6.45) is 5.28. The molecule has 0 aromatic heterocycles. The molecule has 1 aromatic carbocycles. The monoisotopic (exact) mass is 340 g/mol. The molecule has 3 heteroatoms. The summed E-state index contributed by atoms with van der Waals surface area (Å²) >= 11 is 3.57. The minimum Gasteiger partial charge on any atom is -0.497 e. The lowest BCUT2D eigenvalue weighted by Gasteiger charge is -2.41. The molecule has 2 atom stereocenters. The van der Waals surface area contributed by atoms with Gasteiger partial charge in [-0.15, -0.1) is 0 Å². The summed E-state index contributed by atoms with van der Waals surface area (Å²) in [5.74, 6) is 1.23. The Bertz CT molecular complexity index is 456. The molecule has 2 nitrogen and oxygen atoms in total. The largest absolute Gasteiger partial charge is 0.497 e. The van der Waals surface area contributed by atoms with Crippen LogP contribution in [-0.2, 0) is 6.42 Å². The standard InChI is InChI=1S/C17H25BrO2/c1-17(2)9-5-4-6-14(17)16(19)11-12-10-13(20-3)7-8-15(12)18/h7-8,10,14,16,19H,4-6,9,11H2,1-3H3. The zero-order chi connectivity index (χ0) is 14.8. The summed E-state index contributed by atoms with van der Waals surface area (Å²) in [5.41, 5.74) is 1.36. The smallest absolute Gasteiger partial charge is 0.119 e. The molecule has 0 spiro atoms. The molecule has 0 heterocycles. The Kier molecular flexibility index (Phi) is 5.14. The molecule has 1 aromatic rings. The fourth-order valence-corrected chi connectivity index (χ4v) is 3.84. The molecule has 1 aliphatic rings. The zero-order valence-electron chi connectivity index (χ0n) is 12.7.